The van der Waals surface area contributed by atoms with Gasteiger partial charge in [0.25, 0.3) is 5.91 Å². The molecule has 0 saturated heterocycles. The molecule has 2 aromatic carbocycles. The van der Waals surface area contributed by atoms with E-state index in [1.807, 2.05) is 12.1 Å². The lowest BCUT2D eigenvalue weighted by Gasteiger charge is -2.22. The van der Waals surface area contributed by atoms with Gasteiger partial charge in [0, 0.05) is 28.9 Å². The number of rotatable bonds is 8. The maximum atomic E-state index is 12.6. The van der Waals surface area contributed by atoms with Crippen LogP contribution in [0.1, 0.15) is 41.6 Å². The molecule has 3 rings (SSSR count). The standard InChI is InChI=1S/C22H27ClN2O3S.ClH/c1-29(27,28)19-13-9-17(10-14-19)22(26)25-21-6-2-5-20(21)24-15-3-4-16-7-11-18(23)12-8-16;/h7-14,20-21,24H,2-6,15H2,1H3,(H,25,26);1H. The number of hydrogen-bond donors (Lipinski definition) is 2. The summed E-state index contributed by atoms with van der Waals surface area (Å²) in [6.07, 6.45) is 6.23. The summed E-state index contributed by atoms with van der Waals surface area (Å²) in [4.78, 5) is 12.8. The zero-order valence-corrected chi connectivity index (χ0v) is 19.3. The van der Waals surface area contributed by atoms with E-state index in [-0.39, 0.29) is 35.3 Å². The van der Waals surface area contributed by atoms with Crippen molar-refractivity contribution >= 4 is 39.8 Å². The fourth-order valence-electron chi connectivity index (χ4n) is 3.71. The maximum Gasteiger partial charge on any atom is 0.251 e. The van der Waals surface area contributed by atoms with Crippen LogP contribution < -0.4 is 10.6 Å². The Labute approximate surface area is 189 Å². The van der Waals surface area contributed by atoms with E-state index >= 15 is 0 Å². The number of halogens is 2. The average molecular weight is 471 g/mol. The Hall–Kier alpha value is -1.60. The number of sulfone groups is 1. The normalized spacial score (nSPS) is 18.6. The van der Waals surface area contributed by atoms with Crippen molar-refractivity contribution < 1.29 is 13.2 Å². The number of benzene rings is 2. The fraction of sp³-hybridized carbons (Fsp3) is 0.409. The quantitative estimate of drug-likeness (QED) is 0.570. The molecule has 30 heavy (non-hydrogen) atoms. The van der Waals surface area contributed by atoms with Crippen LogP contribution in [0.15, 0.2) is 53.4 Å². The van der Waals surface area contributed by atoms with Crippen LogP contribution in [-0.4, -0.2) is 39.2 Å². The van der Waals surface area contributed by atoms with E-state index in [4.69, 9.17) is 11.6 Å². The fourth-order valence-corrected chi connectivity index (χ4v) is 4.47. The van der Waals surface area contributed by atoms with Crippen LogP contribution >= 0.6 is 24.0 Å². The Balaban J connectivity index is 0.00000320. The van der Waals surface area contributed by atoms with Crippen molar-refractivity contribution in [2.24, 2.45) is 0 Å². The first kappa shape index (κ1) is 24.7. The molecule has 8 heteroatoms. The molecule has 0 heterocycles. The number of carbonyl (C=O) groups is 1. The van der Waals surface area contributed by atoms with Gasteiger partial charge in [-0.25, -0.2) is 8.42 Å². The Kier molecular flexibility index (Phi) is 9.16. The zero-order valence-electron chi connectivity index (χ0n) is 16.9. The van der Waals surface area contributed by atoms with Gasteiger partial charge in [0.1, 0.15) is 0 Å². The van der Waals surface area contributed by atoms with Gasteiger partial charge in [-0.2, -0.15) is 0 Å². The van der Waals surface area contributed by atoms with Crippen molar-refractivity contribution in [3.05, 3.63) is 64.7 Å². The third-order valence-corrected chi connectivity index (χ3v) is 6.72. The lowest BCUT2D eigenvalue weighted by molar-refractivity contribution is 0.0931. The Morgan fingerprint density at radius 3 is 2.30 bits per heavy atom. The number of hydrogen-bond acceptors (Lipinski definition) is 4. The summed E-state index contributed by atoms with van der Waals surface area (Å²) in [7, 11) is -3.26. The van der Waals surface area contributed by atoms with Gasteiger partial charge in [0.2, 0.25) is 0 Å². The molecule has 1 saturated carbocycles. The summed E-state index contributed by atoms with van der Waals surface area (Å²) in [5.41, 5.74) is 1.75. The Morgan fingerprint density at radius 2 is 1.67 bits per heavy atom. The zero-order chi connectivity index (χ0) is 20.9. The van der Waals surface area contributed by atoms with Gasteiger partial charge >= 0.3 is 0 Å². The van der Waals surface area contributed by atoms with Gasteiger partial charge in [-0.3, -0.25) is 4.79 Å². The largest absolute Gasteiger partial charge is 0.348 e. The lowest BCUT2D eigenvalue weighted by Crippen LogP contribution is -2.47. The van der Waals surface area contributed by atoms with Crippen LogP contribution in [0, 0.1) is 0 Å². The summed E-state index contributed by atoms with van der Waals surface area (Å²) in [6.45, 7) is 0.892. The first-order valence-electron chi connectivity index (χ1n) is 9.92. The summed E-state index contributed by atoms with van der Waals surface area (Å²) in [5, 5.41) is 7.43. The molecule has 0 radical (unpaired) electrons. The van der Waals surface area contributed by atoms with Crippen LogP contribution in [0.4, 0.5) is 0 Å². The number of amides is 1. The third kappa shape index (κ3) is 6.98. The summed E-state index contributed by atoms with van der Waals surface area (Å²) < 4.78 is 23.1. The molecule has 1 aliphatic carbocycles. The molecule has 5 nitrogen and oxygen atoms in total. The van der Waals surface area contributed by atoms with Crippen molar-refractivity contribution in [1.29, 1.82) is 0 Å². The van der Waals surface area contributed by atoms with Gasteiger partial charge in [-0.15, -0.1) is 12.4 Å². The van der Waals surface area contributed by atoms with Crippen LogP contribution in [0.25, 0.3) is 0 Å². The number of nitrogens with one attached hydrogen (secondary N) is 2. The molecule has 2 atom stereocenters. The highest BCUT2D eigenvalue weighted by Gasteiger charge is 2.28. The highest BCUT2D eigenvalue weighted by molar-refractivity contribution is 7.90. The molecular formula is C22H28Cl2N2O3S. The topological polar surface area (TPSA) is 75.3 Å². The number of aryl methyl sites for hydroxylation is 1. The van der Waals surface area contributed by atoms with Gasteiger partial charge < -0.3 is 10.6 Å². The molecule has 0 spiro atoms. The van der Waals surface area contributed by atoms with Crippen molar-refractivity contribution in [3.63, 3.8) is 0 Å². The second-order valence-corrected chi connectivity index (χ2v) is 10.1. The van der Waals surface area contributed by atoms with Crippen molar-refractivity contribution in [2.45, 2.75) is 49.1 Å². The van der Waals surface area contributed by atoms with E-state index in [9.17, 15) is 13.2 Å². The summed E-state index contributed by atoms with van der Waals surface area (Å²) in [5.74, 6) is -0.162. The molecule has 2 aromatic rings. The molecule has 2 N–H and O–H groups in total. The summed E-state index contributed by atoms with van der Waals surface area (Å²) in [6, 6.07) is 14.4. The SMILES string of the molecule is CS(=O)(=O)c1ccc(C(=O)NC2CCCC2NCCCc2ccc(Cl)cc2)cc1.Cl. The van der Waals surface area contributed by atoms with E-state index in [1.54, 1.807) is 12.1 Å². The molecule has 0 aliphatic heterocycles. The van der Waals surface area contributed by atoms with Crippen molar-refractivity contribution in [1.82, 2.24) is 10.6 Å². The maximum absolute atomic E-state index is 12.6. The predicted molar refractivity (Wildman–Crippen MR) is 123 cm³/mol. The third-order valence-electron chi connectivity index (χ3n) is 5.34. The monoisotopic (exact) mass is 470 g/mol. The minimum Gasteiger partial charge on any atom is -0.348 e. The second-order valence-electron chi connectivity index (χ2n) is 7.60. The van der Waals surface area contributed by atoms with Crippen molar-refractivity contribution in [2.75, 3.05) is 12.8 Å². The first-order valence-corrected chi connectivity index (χ1v) is 12.2. The van der Waals surface area contributed by atoms with E-state index in [0.717, 1.165) is 49.9 Å². The van der Waals surface area contributed by atoms with Crippen LogP contribution in [0.3, 0.4) is 0 Å². The predicted octanol–water partition coefficient (Wildman–Crippen LogP) is 4.04. The molecule has 0 bridgehead atoms. The molecular weight excluding hydrogens is 443 g/mol. The summed E-state index contributed by atoms with van der Waals surface area (Å²) >= 11 is 5.91. The van der Waals surface area contributed by atoms with Crippen LogP contribution in [-0.2, 0) is 16.3 Å². The molecule has 1 aliphatic rings. The molecule has 164 valence electrons. The molecule has 1 fully saturated rings. The van der Waals surface area contributed by atoms with Gasteiger partial charge in [-0.05, 0) is 80.6 Å². The highest BCUT2D eigenvalue weighted by atomic mass is 35.5. The minimum absolute atomic E-state index is 0. The Bertz CT molecular complexity index is 932. The highest BCUT2D eigenvalue weighted by Crippen LogP contribution is 2.20. The first-order chi connectivity index (χ1) is 13.8. The van der Waals surface area contributed by atoms with Gasteiger partial charge in [0.15, 0.2) is 9.84 Å². The van der Waals surface area contributed by atoms with E-state index in [1.165, 1.54) is 17.7 Å². The second kappa shape index (κ2) is 11.1. The van der Waals surface area contributed by atoms with Crippen LogP contribution in [0.5, 0.6) is 0 Å². The van der Waals surface area contributed by atoms with Crippen LogP contribution in [0.2, 0.25) is 5.02 Å². The smallest absolute Gasteiger partial charge is 0.251 e. The Morgan fingerprint density at radius 1 is 1.03 bits per heavy atom. The minimum atomic E-state index is -3.26. The average Bonchev–Trinajstić information content (AvgIpc) is 3.13. The van der Waals surface area contributed by atoms with Gasteiger partial charge in [0.05, 0.1) is 4.90 Å². The number of carbonyl (C=O) groups excluding carboxylic acids is 1. The molecule has 2 unspecified atom stereocenters. The molecule has 0 aromatic heterocycles. The molecule has 1 amide bonds. The van der Waals surface area contributed by atoms with Gasteiger partial charge in [-0.1, -0.05) is 23.7 Å². The van der Waals surface area contributed by atoms with Crippen molar-refractivity contribution in [3.8, 4) is 0 Å². The van der Waals surface area contributed by atoms with E-state index in [2.05, 4.69) is 22.8 Å². The lowest BCUT2D eigenvalue weighted by atomic mass is 10.1. The van der Waals surface area contributed by atoms with E-state index in [0.29, 0.717) is 5.56 Å². The van der Waals surface area contributed by atoms with E-state index < -0.39 is 9.84 Å².